The Labute approximate surface area is 70.5 Å². The van der Waals surface area contributed by atoms with E-state index < -0.39 is 5.97 Å². The molecular weight excluding hydrogens is 160 g/mol. The van der Waals surface area contributed by atoms with Gasteiger partial charge in [0.05, 0.1) is 12.5 Å². The zero-order chi connectivity index (χ0) is 9.19. The van der Waals surface area contributed by atoms with Crippen molar-refractivity contribution in [3.63, 3.8) is 0 Å². The summed E-state index contributed by atoms with van der Waals surface area (Å²) in [5.74, 6) is -0.484. The predicted octanol–water partition coefficient (Wildman–Crippen LogP) is -2.07. The van der Waals surface area contributed by atoms with Gasteiger partial charge in [-0.2, -0.15) is 0 Å². The van der Waals surface area contributed by atoms with Gasteiger partial charge in [0.1, 0.15) is 13.1 Å². The Morgan fingerprint density at radius 2 is 2.50 bits per heavy atom. The second-order valence-electron chi connectivity index (χ2n) is 2.97. The van der Waals surface area contributed by atoms with Gasteiger partial charge in [0.2, 0.25) is 0 Å². The van der Waals surface area contributed by atoms with Gasteiger partial charge in [-0.1, -0.05) is 0 Å². The quantitative estimate of drug-likeness (QED) is 0.497. The number of nitrogens with zero attached hydrogens (tertiary/aromatic N) is 2. The number of aliphatic hydroxyl groups is 1. The van der Waals surface area contributed by atoms with Crippen LogP contribution in [-0.4, -0.2) is 47.8 Å². The average molecular weight is 172 g/mol. The van der Waals surface area contributed by atoms with Crippen molar-refractivity contribution in [2.24, 2.45) is 4.99 Å². The third kappa shape index (κ3) is 1.46. The molecular formula is C7H12N2O3. The number of carboxylic acids is 1. The molecule has 1 rings (SSSR count). The standard InChI is InChI=1S/C7H12N2O3/c1-6-8-2-3-9(6,5-10)4-7(11)12/h10H,2-5H2,1H3. The largest absolute Gasteiger partial charge is 0.544 e. The van der Waals surface area contributed by atoms with Crippen LogP contribution < -0.4 is 5.11 Å². The van der Waals surface area contributed by atoms with Crippen molar-refractivity contribution >= 4 is 11.8 Å². The van der Waals surface area contributed by atoms with Crippen LogP contribution in [0.25, 0.3) is 0 Å². The first-order valence-corrected chi connectivity index (χ1v) is 3.79. The lowest BCUT2D eigenvalue weighted by Gasteiger charge is -2.31. The highest BCUT2D eigenvalue weighted by atomic mass is 16.4. The summed E-state index contributed by atoms with van der Waals surface area (Å²) < 4.78 is 0.0301. The molecule has 1 N–H and O–H groups in total. The number of aliphatic hydroxyl groups excluding tert-OH is 1. The number of carbonyl (C=O) groups excluding carboxylic acids is 1. The van der Waals surface area contributed by atoms with Gasteiger partial charge in [0.25, 0.3) is 0 Å². The Morgan fingerprint density at radius 3 is 2.83 bits per heavy atom. The van der Waals surface area contributed by atoms with E-state index in [9.17, 15) is 9.90 Å². The minimum atomic E-state index is -1.15. The van der Waals surface area contributed by atoms with Gasteiger partial charge in [-0.3, -0.25) is 4.48 Å². The molecule has 12 heavy (non-hydrogen) atoms. The molecule has 0 aliphatic carbocycles. The van der Waals surface area contributed by atoms with Gasteiger partial charge in [0.15, 0.2) is 12.6 Å². The normalized spacial score (nSPS) is 28.7. The van der Waals surface area contributed by atoms with E-state index in [-0.39, 0.29) is 17.8 Å². The number of quaternary nitrogens is 1. The van der Waals surface area contributed by atoms with Gasteiger partial charge >= 0.3 is 0 Å². The van der Waals surface area contributed by atoms with E-state index in [2.05, 4.69) is 4.99 Å². The highest BCUT2D eigenvalue weighted by Gasteiger charge is 2.34. The van der Waals surface area contributed by atoms with Gasteiger partial charge < -0.3 is 15.0 Å². The lowest BCUT2D eigenvalue weighted by atomic mass is 10.4. The smallest absolute Gasteiger partial charge is 0.197 e. The summed E-state index contributed by atoms with van der Waals surface area (Å²) in [4.78, 5) is 14.4. The topological polar surface area (TPSA) is 72.7 Å². The summed E-state index contributed by atoms with van der Waals surface area (Å²) in [5, 5.41) is 19.4. The zero-order valence-corrected chi connectivity index (χ0v) is 6.99. The maximum atomic E-state index is 10.4. The monoisotopic (exact) mass is 172 g/mol. The minimum Gasteiger partial charge on any atom is -0.544 e. The van der Waals surface area contributed by atoms with Crippen molar-refractivity contribution in [3.05, 3.63) is 0 Å². The highest BCUT2D eigenvalue weighted by molar-refractivity contribution is 5.77. The first kappa shape index (κ1) is 9.15. The Morgan fingerprint density at radius 1 is 1.83 bits per heavy atom. The van der Waals surface area contributed by atoms with E-state index in [0.29, 0.717) is 18.9 Å². The number of aliphatic imine (C=N–C) groups is 1. The number of carboxylic acid groups (broad SMARTS) is 1. The molecule has 0 fully saturated rings. The molecule has 0 radical (unpaired) electrons. The van der Waals surface area contributed by atoms with E-state index >= 15 is 0 Å². The van der Waals surface area contributed by atoms with Crippen molar-refractivity contribution in [1.29, 1.82) is 0 Å². The first-order valence-electron chi connectivity index (χ1n) is 3.79. The Bertz CT molecular complexity index is 227. The molecule has 1 unspecified atom stereocenters. The molecule has 5 heteroatoms. The molecule has 5 nitrogen and oxygen atoms in total. The number of hydrogen-bond acceptors (Lipinski definition) is 4. The lowest BCUT2D eigenvalue weighted by molar-refractivity contribution is -0.850. The van der Waals surface area contributed by atoms with E-state index in [4.69, 9.17) is 5.11 Å². The Balaban J connectivity index is 2.76. The second-order valence-corrected chi connectivity index (χ2v) is 2.97. The molecule has 1 aliphatic rings. The summed E-state index contributed by atoms with van der Waals surface area (Å²) in [6, 6.07) is 0. The van der Waals surface area contributed by atoms with E-state index in [1.807, 2.05) is 0 Å². The fraction of sp³-hybridized carbons (Fsp3) is 0.714. The van der Waals surface area contributed by atoms with Gasteiger partial charge in [-0.15, -0.1) is 0 Å². The predicted molar refractivity (Wildman–Crippen MR) is 40.1 cm³/mol. The molecule has 0 aromatic carbocycles. The summed E-state index contributed by atoms with van der Waals surface area (Å²) in [6.07, 6.45) is 0. The summed E-state index contributed by atoms with van der Waals surface area (Å²) >= 11 is 0. The molecule has 1 atom stereocenters. The Hall–Kier alpha value is -0.940. The average Bonchev–Trinajstić information content (AvgIpc) is 2.32. The Kier molecular flexibility index (Phi) is 2.44. The lowest BCUT2D eigenvalue weighted by Crippen LogP contribution is -2.56. The molecule has 0 aromatic rings. The van der Waals surface area contributed by atoms with Crippen LogP contribution in [0.3, 0.4) is 0 Å². The molecule has 0 saturated heterocycles. The molecule has 0 bridgehead atoms. The molecule has 1 aliphatic heterocycles. The van der Waals surface area contributed by atoms with Crippen LogP contribution in [0.1, 0.15) is 6.92 Å². The van der Waals surface area contributed by atoms with Crippen molar-refractivity contribution in [3.8, 4) is 0 Å². The number of carbonyl (C=O) groups is 1. The van der Waals surface area contributed by atoms with E-state index in [1.54, 1.807) is 6.92 Å². The zero-order valence-electron chi connectivity index (χ0n) is 6.99. The maximum absolute atomic E-state index is 10.4. The number of amidine groups is 1. The van der Waals surface area contributed by atoms with E-state index in [1.165, 1.54) is 0 Å². The summed E-state index contributed by atoms with van der Waals surface area (Å²) in [7, 11) is 0. The van der Waals surface area contributed by atoms with E-state index in [0.717, 1.165) is 0 Å². The number of aliphatic carboxylic acids is 1. The summed E-state index contributed by atoms with van der Waals surface area (Å²) in [6.45, 7) is 2.46. The molecule has 0 saturated carbocycles. The van der Waals surface area contributed by atoms with Crippen LogP contribution in [0.5, 0.6) is 0 Å². The van der Waals surface area contributed by atoms with Crippen molar-refractivity contribution in [2.75, 3.05) is 26.4 Å². The first-order chi connectivity index (χ1) is 5.60. The minimum absolute atomic E-state index is 0.0301. The highest BCUT2D eigenvalue weighted by Crippen LogP contribution is 2.12. The van der Waals surface area contributed by atoms with Crippen molar-refractivity contribution < 1.29 is 19.5 Å². The molecule has 0 spiro atoms. The van der Waals surface area contributed by atoms with Crippen LogP contribution in [-0.2, 0) is 4.79 Å². The third-order valence-corrected chi connectivity index (χ3v) is 2.26. The SMILES string of the molecule is CC1=NCC[N+]1(CO)CC(=O)[O-]. The van der Waals surface area contributed by atoms with Gasteiger partial charge in [0, 0.05) is 6.92 Å². The molecule has 68 valence electrons. The van der Waals surface area contributed by atoms with Gasteiger partial charge in [-0.05, 0) is 0 Å². The van der Waals surface area contributed by atoms with Crippen molar-refractivity contribution in [2.45, 2.75) is 6.92 Å². The van der Waals surface area contributed by atoms with Crippen LogP contribution >= 0.6 is 0 Å². The van der Waals surface area contributed by atoms with Gasteiger partial charge in [-0.25, -0.2) is 4.99 Å². The third-order valence-electron chi connectivity index (χ3n) is 2.26. The maximum Gasteiger partial charge on any atom is 0.197 e. The fourth-order valence-corrected chi connectivity index (χ4v) is 1.38. The molecule has 1 heterocycles. The molecule has 0 aromatic heterocycles. The van der Waals surface area contributed by atoms with Crippen LogP contribution in [0.4, 0.5) is 0 Å². The summed E-state index contributed by atoms with van der Waals surface area (Å²) in [5.41, 5.74) is 0. The number of rotatable bonds is 3. The van der Waals surface area contributed by atoms with Crippen molar-refractivity contribution in [1.82, 2.24) is 0 Å². The van der Waals surface area contributed by atoms with Crippen LogP contribution in [0.15, 0.2) is 4.99 Å². The molecule has 0 amide bonds. The van der Waals surface area contributed by atoms with Crippen LogP contribution in [0.2, 0.25) is 0 Å². The fourth-order valence-electron chi connectivity index (χ4n) is 1.38. The second kappa shape index (κ2) is 3.20. The van der Waals surface area contributed by atoms with Crippen LogP contribution in [0, 0.1) is 0 Å². The number of hydrogen-bond donors (Lipinski definition) is 1.